The number of ether oxygens (including phenoxy) is 1. The van der Waals surface area contributed by atoms with Crippen molar-refractivity contribution in [3.8, 4) is 5.75 Å². The fraction of sp³-hybridized carbons (Fsp3) is 0.619. The van der Waals surface area contributed by atoms with Crippen LogP contribution in [-0.2, 0) is 4.79 Å². The molecule has 1 aromatic rings. The van der Waals surface area contributed by atoms with Crippen LogP contribution in [0.25, 0.3) is 0 Å². The van der Waals surface area contributed by atoms with Crippen LogP contribution >= 0.6 is 0 Å². The average molecular weight is 373 g/mol. The Labute approximate surface area is 162 Å². The van der Waals surface area contributed by atoms with Crippen LogP contribution in [0.1, 0.15) is 38.5 Å². The largest absolute Gasteiger partial charge is 0.492 e. The number of aliphatic imine (C=N–C) groups is 1. The summed E-state index contributed by atoms with van der Waals surface area (Å²) < 4.78 is 5.69. The first kappa shape index (κ1) is 19.5. The van der Waals surface area contributed by atoms with E-state index in [1.165, 1.54) is 19.3 Å². The van der Waals surface area contributed by atoms with E-state index in [1.807, 2.05) is 35.2 Å². The summed E-state index contributed by atoms with van der Waals surface area (Å²) in [6, 6.07) is 10.1. The summed E-state index contributed by atoms with van der Waals surface area (Å²) in [7, 11) is 1.77. The van der Waals surface area contributed by atoms with E-state index < -0.39 is 0 Å². The molecule has 1 aliphatic heterocycles. The SMILES string of the molecule is CN=C(NCCOc1ccccc1)NC1CCN(C(=O)C2CCCCC2)C1. The number of para-hydroxylation sites is 1. The third-order valence-corrected chi connectivity index (χ3v) is 5.43. The van der Waals surface area contributed by atoms with Crippen LogP contribution in [0, 0.1) is 5.92 Å². The Morgan fingerprint density at radius 1 is 1.19 bits per heavy atom. The molecule has 1 saturated heterocycles. The van der Waals surface area contributed by atoms with Crippen molar-refractivity contribution in [1.29, 1.82) is 0 Å². The molecule has 1 aromatic carbocycles. The van der Waals surface area contributed by atoms with Crippen LogP contribution in [-0.4, -0.2) is 56.1 Å². The Morgan fingerprint density at radius 2 is 1.96 bits per heavy atom. The Hall–Kier alpha value is -2.24. The predicted octanol–water partition coefficient (Wildman–Crippen LogP) is 2.41. The number of benzene rings is 1. The maximum atomic E-state index is 12.7. The Kier molecular flexibility index (Phi) is 7.36. The van der Waals surface area contributed by atoms with Crippen molar-refractivity contribution in [3.63, 3.8) is 0 Å². The van der Waals surface area contributed by atoms with Crippen LogP contribution in [0.4, 0.5) is 0 Å². The number of hydrogen-bond donors (Lipinski definition) is 2. The van der Waals surface area contributed by atoms with Gasteiger partial charge >= 0.3 is 0 Å². The molecule has 6 heteroatoms. The first-order valence-corrected chi connectivity index (χ1v) is 10.2. The van der Waals surface area contributed by atoms with Gasteiger partial charge in [0, 0.05) is 32.1 Å². The van der Waals surface area contributed by atoms with E-state index >= 15 is 0 Å². The predicted molar refractivity (Wildman–Crippen MR) is 108 cm³/mol. The molecule has 2 aliphatic rings. The number of carbonyl (C=O) groups excluding carboxylic acids is 1. The minimum Gasteiger partial charge on any atom is -0.492 e. The van der Waals surface area contributed by atoms with E-state index in [0.717, 1.165) is 44.1 Å². The third kappa shape index (κ3) is 5.88. The fourth-order valence-corrected chi connectivity index (χ4v) is 3.93. The number of amides is 1. The number of rotatable bonds is 6. The molecular weight excluding hydrogens is 340 g/mol. The second-order valence-electron chi connectivity index (χ2n) is 7.41. The Morgan fingerprint density at radius 3 is 2.70 bits per heavy atom. The molecule has 2 fully saturated rings. The fourth-order valence-electron chi connectivity index (χ4n) is 3.93. The molecule has 1 heterocycles. The number of likely N-dealkylation sites (tertiary alicyclic amines) is 1. The maximum absolute atomic E-state index is 12.7. The Balaban J connectivity index is 1.36. The maximum Gasteiger partial charge on any atom is 0.225 e. The molecule has 1 aliphatic carbocycles. The summed E-state index contributed by atoms with van der Waals surface area (Å²) in [5.74, 6) is 2.25. The highest BCUT2D eigenvalue weighted by Gasteiger charge is 2.31. The molecule has 0 bridgehead atoms. The summed E-state index contributed by atoms with van der Waals surface area (Å²) in [5, 5.41) is 6.73. The average Bonchev–Trinajstić information content (AvgIpc) is 3.19. The summed E-state index contributed by atoms with van der Waals surface area (Å²) in [6.45, 7) is 2.87. The van der Waals surface area contributed by atoms with Crippen LogP contribution in [0.15, 0.2) is 35.3 Å². The molecule has 6 nitrogen and oxygen atoms in total. The smallest absolute Gasteiger partial charge is 0.225 e. The van der Waals surface area contributed by atoms with Gasteiger partial charge in [-0.05, 0) is 31.4 Å². The molecule has 148 valence electrons. The summed E-state index contributed by atoms with van der Waals surface area (Å²) >= 11 is 0. The lowest BCUT2D eigenvalue weighted by Crippen LogP contribution is -2.46. The minimum absolute atomic E-state index is 0.255. The quantitative estimate of drug-likeness (QED) is 0.457. The van der Waals surface area contributed by atoms with Crippen LogP contribution in [0.3, 0.4) is 0 Å². The van der Waals surface area contributed by atoms with Gasteiger partial charge in [0.25, 0.3) is 0 Å². The van der Waals surface area contributed by atoms with E-state index in [4.69, 9.17) is 4.74 Å². The van der Waals surface area contributed by atoms with Crippen molar-refractivity contribution in [1.82, 2.24) is 15.5 Å². The standard InChI is InChI=1S/C21H32N4O2/c1-22-21(23-13-15-27-19-10-6-3-7-11-19)24-18-12-14-25(16-18)20(26)17-8-4-2-5-9-17/h3,6-7,10-11,17-18H,2,4-5,8-9,12-16H2,1H3,(H2,22,23,24). The zero-order chi connectivity index (χ0) is 18.9. The first-order chi connectivity index (χ1) is 13.3. The van der Waals surface area contributed by atoms with Gasteiger partial charge in [0.2, 0.25) is 5.91 Å². The first-order valence-electron chi connectivity index (χ1n) is 10.2. The summed E-state index contributed by atoms with van der Waals surface area (Å²) in [4.78, 5) is 19.0. The molecule has 1 saturated carbocycles. The van der Waals surface area contributed by atoms with Crippen LogP contribution in [0.2, 0.25) is 0 Å². The van der Waals surface area contributed by atoms with Crippen molar-refractivity contribution in [2.75, 3.05) is 33.3 Å². The van der Waals surface area contributed by atoms with E-state index in [1.54, 1.807) is 7.05 Å². The topological polar surface area (TPSA) is 66.0 Å². The molecule has 3 rings (SSSR count). The molecule has 1 atom stereocenters. The lowest BCUT2D eigenvalue weighted by molar-refractivity contribution is -0.135. The molecule has 0 spiro atoms. The van der Waals surface area contributed by atoms with E-state index in [-0.39, 0.29) is 12.0 Å². The molecule has 1 unspecified atom stereocenters. The zero-order valence-corrected chi connectivity index (χ0v) is 16.3. The van der Waals surface area contributed by atoms with Crippen molar-refractivity contribution >= 4 is 11.9 Å². The Bertz CT molecular complexity index is 614. The van der Waals surface area contributed by atoms with Gasteiger partial charge < -0.3 is 20.3 Å². The highest BCUT2D eigenvalue weighted by atomic mass is 16.5. The normalized spacial score (nSPS) is 21.1. The van der Waals surface area contributed by atoms with Crippen molar-refractivity contribution < 1.29 is 9.53 Å². The van der Waals surface area contributed by atoms with Crippen molar-refractivity contribution in [2.45, 2.75) is 44.6 Å². The second-order valence-corrected chi connectivity index (χ2v) is 7.41. The van der Waals surface area contributed by atoms with Gasteiger partial charge in [-0.15, -0.1) is 0 Å². The molecule has 0 aromatic heterocycles. The summed E-state index contributed by atoms with van der Waals surface area (Å²) in [6.07, 6.45) is 6.79. The number of nitrogens with one attached hydrogen (secondary N) is 2. The molecular formula is C21H32N4O2. The third-order valence-electron chi connectivity index (χ3n) is 5.43. The van der Waals surface area contributed by atoms with E-state index in [9.17, 15) is 4.79 Å². The van der Waals surface area contributed by atoms with Gasteiger partial charge in [-0.2, -0.15) is 0 Å². The van der Waals surface area contributed by atoms with Gasteiger partial charge in [0.05, 0.1) is 6.54 Å². The highest BCUT2D eigenvalue weighted by Crippen LogP contribution is 2.26. The van der Waals surface area contributed by atoms with Gasteiger partial charge in [-0.25, -0.2) is 0 Å². The van der Waals surface area contributed by atoms with Crippen molar-refractivity contribution in [3.05, 3.63) is 30.3 Å². The lowest BCUT2D eigenvalue weighted by Gasteiger charge is -2.26. The van der Waals surface area contributed by atoms with E-state index in [0.29, 0.717) is 19.1 Å². The van der Waals surface area contributed by atoms with Gasteiger partial charge in [0.15, 0.2) is 5.96 Å². The molecule has 27 heavy (non-hydrogen) atoms. The van der Waals surface area contributed by atoms with Gasteiger partial charge in [0.1, 0.15) is 12.4 Å². The lowest BCUT2D eigenvalue weighted by atomic mass is 9.88. The monoisotopic (exact) mass is 372 g/mol. The highest BCUT2D eigenvalue weighted by molar-refractivity contribution is 5.81. The second kappa shape index (κ2) is 10.2. The molecule has 1 amide bonds. The molecule has 0 radical (unpaired) electrons. The van der Waals surface area contributed by atoms with Gasteiger partial charge in [-0.3, -0.25) is 9.79 Å². The van der Waals surface area contributed by atoms with E-state index in [2.05, 4.69) is 15.6 Å². The number of carbonyl (C=O) groups is 1. The molecule has 2 N–H and O–H groups in total. The summed E-state index contributed by atoms with van der Waals surface area (Å²) in [5.41, 5.74) is 0. The van der Waals surface area contributed by atoms with Crippen LogP contribution in [0.5, 0.6) is 5.75 Å². The number of hydrogen-bond acceptors (Lipinski definition) is 3. The number of guanidine groups is 1. The number of nitrogens with zero attached hydrogens (tertiary/aromatic N) is 2. The minimum atomic E-state index is 0.255. The van der Waals surface area contributed by atoms with Crippen molar-refractivity contribution in [2.24, 2.45) is 10.9 Å². The zero-order valence-electron chi connectivity index (χ0n) is 16.3. The van der Waals surface area contributed by atoms with Crippen LogP contribution < -0.4 is 15.4 Å². The van der Waals surface area contributed by atoms with Gasteiger partial charge in [-0.1, -0.05) is 37.5 Å².